The topological polar surface area (TPSA) is 71.8 Å². The van der Waals surface area contributed by atoms with Crippen molar-refractivity contribution in [3.05, 3.63) is 101 Å². The van der Waals surface area contributed by atoms with E-state index in [-0.39, 0.29) is 12.1 Å². The van der Waals surface area contributed by atoms with Gasteiger partial charge in [0, 0.05) is 17.1 Å². The molecule has 4 aromatic rings. The third-order valence-electron chi connectivity index (χ3n) is 5.17. The number of urea groups is 1. The van der Waals surface area contributed by atoms with E-state index in [1.165, 1.54) is 11.1 Å². The third-order valence-corrected chi connectivity index (χ3v) is 6.17. The van der Waals surface area contributed by atoms with Gasteiger partial charge in [-0.15, -0.1) is 10.2 Å². The maximum atomic E-state index is 12.6. The van der Waals surface area contributed by atoms with E-state index in [2.05, 4.69) is 52.0 Å². The van der Waals surface area contributed by atoms with Gasteiger partial charge in [0.15, 0.2) is 11.0 Å². The fourth-order valence-electron chi connectivity index (χ4n) is 3.46. The maximum Gasteiger partial charge on any atom is 0.319 e. The summed E-state index contributed by atoms with van der Waals surface area (Å²) in [7, 11) is 0. The summed E-state index contributed by atoms with van der Waals surface area (Å²) in [6, 6.07) is 25.6. The summed E-state index contributed by atoms with van der Waals surface area (Å²) in [5.41, 5.74) is 5.18. The molecular weight excluding hydrogens is 430 g/mol. The van der Waals surface area contributed by atoms with E-state index in [1.807, 2.05) is 73.0 Å². The summed E-state index contributed by atoms with van der Waals surface area (Å²) in [5, 5.41) is 15.6. The molecular formula is C26H27N5OS. The van der Waals surface area contributed by atoms with Gasteiger partial charge in [-0.1, -0.05) is 71.9 Å². The van der Waals surface area contributed by atoms with Crippen molar-refractivity contribution < 1.29 is 4.79 Å². The highest BCUT2D eigenvalue weighted by molar-refractivity contribution is 7.98. The molecule has 33 heavy (non-hydrogen) atoms. The molecule has 0 radical (unpaired) electrons. The van der Waals surface area contributed by atoms with Gasteiger partial charge < -0.3 is 10.6 Å². The first-order valence-corrected chi connectivity index (χ1v) is 11.8. The van der Waals surface area contributed by atoms with Crippen LogP contribution in [0.1, 0.15) is 35.5 Å². The predicted molar refractivity (Wildman–Crippen MR) is 134 cm³/mol. The average molecular weight is 458 g/mol. The summed E-state index contributed by atoms with van der Waals surface area (Å²) >= 11 is 1.62. The number of aromatic nitrogens is 3. The van der Waals surface area contributed by atoms with Crippen molar-refractivity contribution >= 4 is 23.5 Å². The number of carbonyl (C=O) groups is 1. The van der Waals surface area contributed by atoms with Crippen molar-refractivity contribution in [1.29, 1.82) is 0 Å². The highest BCUT2D eigenvalue weighted by atomic mass is 32.2. The van der Waals surface area contributed by atoms with E-state index in [0.29, 0.717) is 5.82 Å². The molecule has 3 aromatic carbocycles. The summed E-state index contributed by atoms with van der Waals surface area (Å²) in [6.07, 6.45) is 0. The molecule has 2 N–H and O–H groups in total. The molecule has 168 valence electrons. The minimum absolute atomic E-state index is 0.287. The lowest BCUT2D eigenvalue weighted by molar-refractivity contribution is 0.249. The number of aryl methyl sites for hydroxylation is 2. The second kappa shape index (κ2) is 10.4. The van der Waals surface area contributed by atoms with Gasteiger partial charge in [0.2, 0.25) is 0 Å². The first-order valence-electron chi connectivity index (χ1n) is 10.8. The van der Waals surface area contributed by atoms with Crippen LogP contribution >= 0.6 is 11.8 Å². The van der Waals surface area contributed by atoms with E-state index < -0.39 is 0 Å². The van der Waals surface area contributed by atoms with Gasteiger partial charge in [-0.3, -0.25) is 4.57 Å². The number of nitrogens with zero attached hydrogens (tertiary/aromatic N) is 3. The summed E-state index contributed by atoms with van der Waals surface area (Å²) in [5.74, 6) is 1.45. The van der Waals surface area contributed by atoms with Crippen LogP contribution < -0.4 is 10.6 Å². The lowest BCUT2D eigenvalue weighted by Crippen LogP contribution is -2.32. The van der Waals surface area contributed by atoms with E-state index in [1.54, 1.807) is 11.8 Å². The molecule has 1 atom stereocenters. The number of hydrogen-bond donors (Lipinski definition) is 2. The quantitative estimate of drug-likeness (QED) is 0.331. The lowest BCUT2D eigenvalue weighted by Gasteiger charge is -2.17. The Morgan fingerprint density at radius 3 is 2.42 bits per heavy atom. The SMILES string of the molecule is Cc1ccc(-n2c(SCc3ccccc3)nnc2C(C)NC(=O)Nc2cccc(C)c2)cc1. The molecule has 1 aromatic heterocycles. The molecule has 1 unspecified atom stereocenters. The smallest absolute Gasteiger partial charge is 0.319 e. The van der Waals surface area contributed by atoms with Crippen molar-refractivity contribution in [2.75, 3.05) is 5.32 Å². The lowest BCUT2D eigenvalue weighted by atomic mass is 10.2. The van der Waals surface area contributed by atoms with Crippen LogP contribution in [0.5, 0.6) is 0 Å². The number of carbonyl (C=O) groups excluding carboxylic acids is 1. The zero-order valence-corrected chi connectivity index (χ0v) is 19.8. The van der Waals surface area contributed by atoms with E-state index in [0.717, 1.165) is 27.8 Å². The Morgan fingerprint density at radius 2 is 1.70 bits per heavy atom. The third kappa shape index (κ3) is 5.81. The largest absolute Gasteiger partial charge is 0.328 e. The fourth-order valence-corrected chi connectivity index (χ4v) is 4.38. The zero-order valence-electron chi connectivity index (χ0n) is 18.9. The summed E-state index contributed by atoms with van der Waals surface area (Å²) in [4.78, 5) is 12.6. The number of nitrogens with one attached hydrogen (secondary N) is 2. The number of benzene rings is 3. The molecule has 0 spiro atoms. The van der Waals surface area contributed by atoms with Crippen molar-refractivity contribution in [3.8, 4) is 5.69 Å². The Hall–Kier alpha value is -3.58. The number of thioether (sulfide) groups is 1. The molecule has 0 aliphatic heterocycles. The molecule has 2 amide bonds. The second-order valence-electron chi connectivity index (χ2n) is 7.98. The average Bonchev–Trinajstić information content (AvgIpc) is 3.23. The maximum absolute atomic E-state index is 12.6. The molecule has 0 fully saturated rings. The van der Waals surface area contributed by atoms with Gasteiger partial charge in [-0.25, -0.2) is 4.79 Å². The Bertz CT molecular complexity index is 1220. The first-order chi connectivity index (χ1) is 16.0. The van der Waals surface area contributed by atoms with Gasteiger partial charge in [0.1, 0.15) is 0 Å². The van der Waals surface area contributed by atoms with Gasteiger partial charge in [-0.2, -0.15) is 0 Å². The van der Waals surface area contributed by atoms with Gasteiger partial charge in [0.25, 0.3) is 0 Å². The minimum atomic E-state index is -0.352. The van der Waals surface area contributed by atoms with Crippen LogP contribution in [-0.4, -0.2) is 20.8 Å². The second-order valence-corrected chi connectivity index (χ2v) is 8.92. The van der Waals surface area contributed by atoms with Crippen molar-refractivity contribution in [2.45, 2.75) is 37.7 Å². The summed E-state index contributed by atoms with van der Waals surface area (Å²) in [6.45, 7) is 5.96. The normalized spacial score (nSPS) is 11.7. The first kappa shape index (κ1) is 22.6. The molecule has 0 saturated carbocycles. The zero-order chi connectivity index (χ0) is 23.2. The molecule has 4 rings (SSSR count). The van der Waals surface area contributed by atoms with Crippen LogP contribution in [0.3, 0.4) is 0 Å². The predicted octanol–water partition coefficient (Wildman–Crippen LogP) is 6.06. The monoisotopic (exact) mass is 457 g/mol. The molecule has 6 nitrogen and oxygen atoms in total. The standard InChI is InChI=1S/C26H27N5OS/c1-18-12-14-23(15-13-18)31-24(29-30-26(31)33-17-21-9-5-4-6-10-21)20(3)27-25(32)28-22-11-7-8-19(2)16-22/h4-16,20H,17H2,1-3H3,(H2,27,28,32). The molecule has 1 heterocycles. The van der Waals surface area contributed by atoms with E-state index in [9.17, 15) is 4.79 Å². The number of amides is 2. The van der Waals surface area contributed by atoms with Gasteiger partial charge in [-0.05, 0) is 56.2 Å². The Kier molecular flexibility index (Phi) is 7.10. The molecule has 0 aliphatic rings. The molecule has 0 bridgehead atoms. The molecule has 0 saturated heterocycles. The van der Waals surface area contributed by atoms with Crippen molar-refractivity contribution in [3.63, 3.8) is 0 Å². The minimum Gasteiger partial charge on any atom is -0.328 e. The van der Waals surface area contributed by atoms with Crippen LogP contribution in [0.25, 0.3) is 5.69 Å². The molecule has 7 heteroatoms. The number of anilines is 1. The van der Waals surface area contributed by atoms with Crippen LogP contribution in [0.2, 0.25) is 0 Å². The highest BCUT2D eigenvalue weighted by Gasteiger charge is 2.21. The Balaban J connectivity index is 1.56. The number of hydrogen-bond acceptors (Lipinski definition) is 4. The van der Waals surface area contributed by atoms with Crippen LogP contribution in [0.15, 0.2) is 84.0 Å². The Labute approximate surface area is 198 Å². The van der Waals surface area contributed by atoms with E-state index in [4.69, 9.17) is 0 Å². The van der Waals surface area contributed by atoms with Crippen molar-refractivity contribution in [1.82, 2.24) is 20.1 Å². The Morgan fingerprint density at radius 1 is 0.939 bits per heavy atom. The highest BCUT2D eigenvalue weighted by Crippen LogP contribution is 2.27. The van der Waals surface area contributed by atoms with Crippen LogP contribution in [0.4, 0.5) is 10.5 Å². The van der Waals surface area contributed by atoms with Gasteiger partial charge in [0.05, 0.1) is 6.04 Å². The molecule has 0 aliphatic carbocycles. The van der Waals surface area contributed by atoms with Crippen LogP contribution in [-0.2, 0) is 5.75 Å². The number of rotatable bonds is 7. The van der Waals surface area contributed by atoms with Gasteiger partial charge >= 0.3 is 6.03 Å². The fraction of sp³-hybridized carbons (Fsp3) is 0.192. The van der Waals surface area contributed by atoms with Crippen LogP contribution in [0, 0.1) is 13.8 Å². The summed E-state index contributed by atoms with van der Waals surface area (Å²) < 4.78 is 2.02. The van der Waals surface area contributed by atoms with Crippen molar-refractivity contribution in [2.24, 2.45) is 0 Å². The van der Waals surface area contributed by atoms with E-state index >= 15 is 0 Å².